The van der Waals surface area contributed by atoms with Crippen LogP contribution in [0, 0.1) is 5.82 Å². The van der Waals surface area contributed by atoms with E-state index in [1.807, 2.05) is 0 Å². The maximum absolute atomic E-state index is 12.6. The number of halogens is 1. The first-order valence-corrected chi connectivity index (χ1v) is 5.59. The Hall–Kier alpha value is -0.580. The van der Waals surface area contributed by atoms with Gasteiger partial charge in [-0.15, -0.1) is 0 Å². The van der Waals surface area contributed by atoms with Crippen molar-refractivity contribution < 1.29 is 9.50 Å². The van der Waals surface area contributed by atoms with Crippen LogP contribution in [0.25, 0.3) is 0 Å². The van der Waals surface area contributed by atoms with Crippen LogP contribution in [0.1, 0.15) is 11.6 Å². The minimum absolute atomic E-state index is 0.0906. The number of aliphatic hydroxyl groups excluding tert-OH is 1. The number of rotatable bonds is 5. The molecule has 0 bridgehead atoms. The molecule has 0 aliphatic heterocycles. The predicted molar refractivity (Wildman–Crippen MR) is 57.7 cm³/mol. The van der Waals surface area contributed by atoms with Gasteiger partial charge in [0, 0.05) is 17.5 Å². The molecule has 1 aromatic carbocycles. The second kappa shape index (κ2) is 6.01. The fourth-order valence-electron chi connectivity index (χ4n) is 1.08. The molecule has 0 heterocycles. The Balaban J connectivity index is 2.43. The molecule has 1 rings (SSSR count). The number of benzene rings is 1. The molecule has 0 radical (unpaired) electrons. The monoisotopic (exact) mass is 215 g/mol. The zero-order chi connectivity index (χ0) is 10.4. The lowest BCUT2D eigenvalue weighted by atomic mass is 10.1. The highest BCUT2D eigenvalue weighted by atomic mass is 32.2. The van der Waals surface area contributed by atoms with Crippen molar-refractivity contribution >= 4 is 11.8 Å². The van der Waals surface area contributed by atoms with E-state index in [4.69, 9.17) is 10.8 Å². The number of hydrogen-bond acceptors (Lipinski definition) is 3. The molecule has 0 aromatic heterocycles. The highest BCUT2D eigenvalue weighted by Gasteiger charge is 2.05. The Bertz CT molecular complexity index is 265. The van der Waals surface area contributed by atoms with E-state index in [2.05, 4.69) is 0 Å². The molecule has 1 atom stereocenters. The van der Waals surface area contributed by atoms with Crippen molar-refractivity contribution in [3.8, 4) is 0 Å². The average Bonchev–Trinajstić information content (AvgIpc) is 2.19. The van der Waals surface area contributed by atoms with Gasteiger partial charge in [0.1, 0.15) is 5.82 Å². The summed E-state index contributed by atoms with van der Waals surface area (Å²) in [7, 11) is 0. The molecule has 3 N–H and O–H groups in total. The van der Waals surface area contributed by atoms with Crippen LogP contribution in [-0.4, -0.2) is 23.2 Å². The molecule has 1 unspecified atom stereocenters. The van der Waals surface area contributed by atoms with Gasteiger partial charge in [0.05, 0.1) is 6.61 Å². The maximum atomic E-state index is 12.6. The van der Waals surface area contributed by atoms with E-state index in [1.54, 1.807) is 23.9 Å². The van der Waals surface area contributed by atoms with E-state index >= 15 is 0 Å². The summed E-state index contributed by atoms with van der Waals surface area (Å²) in [6, 6.07) is 6.11. The summed E-state index contributed by atoms with van der Waals surface area (Å²) in [5.41, 5.74) is 6.79. The van der Waals surface area contributed by atoms with E-state index in [9.17, 15) is 4.39 Å². The molecule has 0 saturated carbocycles. The summed E-state index contributed by atoms with van der Waals surface area (Å²) in [6.07, 6.45) is 0. The average molecular weight is 215 g/mol. The van der Waals surface area contributed by atoms with Gasteiger partial charge >= 0.3 is 0 Å². The molecule has 0 amide bonds. The van der Waals surface area contributed by atoms with Gasteiger partial charge in [-0.1, -0.05) is 12.1 Å². The number of aliphatic hydroxyl groups is 1. The van der Waals surface area contributed by atoms with Crippen molar-refractivity contribution in [2.24, 2.45) is 5.73 Å². The van der Waals surface area contributed by atoms with Gasteiger partial charge in [-0.25, -0.2) is 4.39 Å². The summed E-state index contributed by atoms with van der Waals surface area (Å²) in [6.45, 7) is 0.167. The van der Waals surface area contributed by atoms with Gasteiger partial charge < -0.3 is 10.8 Å². The molecule has 0 aliphatic carbocycles. The number of thioether (sulfide) groups is 1. The van der Waals surface area contributed by atoms with Gasteiger partial charge in [-0.05, 0) is 17.7 Å². The van der Waals surface area contributed by atoms with E-state index in [0.717, 1.165) is 11.3 Å². The standard InChI is InChI=1S/C10H14FNOS/c11-9-3-1-8(2-4-9)10(12)7-14-6-5-13/h1-4,10,13H,5-7,12H2. The van der Waals surface area contributed by atoms with E-state index in [1.165, 1.54) is 12.1 Å². The van der Waals surface area contributed by atoms with Crippen molar-refractivity contribution in [2.75, 3.05) is 18.1 Å². The van der Waals surface area contributed by atoms with Gasteiger partial charge in [0.15, 0.2) is 0 Å². The lowest BCUT2D eigenvalue weighted by Gasteiger charge is -2.10. The second-order valence-corrected chi connectivity index (χ2v) is 4.11. The Morgan fingerprint density at radius 2 is 2.00 bits per heavy atom. The van der Waals surface area contributed by atoms with Crippen LogP contribution in [0.2, 0.25) is 0 Å². The molecule has 4 heteroatoms. The summed E-state index contributed by atoms with van der Waals surface area (Å²) >= 11 is 1.59. The molecule has 0 fully saturated rings. The topological polar surface area (TPSA) is 46.2 Å². The third-order valence-corrected chi connectivity index (χ3v) is 2.90. The third-order valence-electron chi connectivity index (χ3n) is 1.83. The molecule has 78 valence electrons. The Morgan fingerprint density at radius 1 is 1.36 bits per heavy atom. The van der Waals surface area contributed by atoms with Crippen LogP contribution in [0.5, 0.6) is 0 Å². The summed E-state index contributed by atoms with van der Waals surface area (Å²) in [4.78, 5) is 0. The van der Waals surface area contributed by atoms with Crippen molar-refractivity contribution in [1.29, 1.82) is 0 Å². The van der Waals surface area contributed by atoms with Gasteiger partial charge in [0.25, 0.3) is 0 Å². The van der Waals surface area contributed by atoms with Gasteiger partial charge in [0.2, 0.25) is 0 Å². The minimum Gasteiger partial charge on any atom is -0.396 e. The highest BCUT2D eigenvalue weighted by Crippen LogP contribution is 2.15. The molecule has 2 nitrogen and oxygen atoms in total. The first-order valence-electron chi connectivity index (χ1n) is 4.43. The van der Waals surface area contributed by atoms with Crippen molar-refractivity contribution in [1.82, 2.24) is 0 Å². The minimum atomic E-state index is -0.246. The lowest BCUT2D eigenvalue weighted by molar-refractivity contribution is 0.322. The predicted octanol–water partition coefficient (Wildman–Crippen LogP) is 1.55. The Morgan fingerprint density at radius 3 is 2.57 bits per heavy atom. The highest BCUT2D eigenvalue weighted by molar-refractivity contribution is 7.99. The van der Waals surface area contributed by atoms with Crippen LogP contribution < -0.4 is 5.73 Å². The smallest absolute Gasteiger partial charge is 0.123 e. The third kappa shape index (κ3) is 3.65. The van der Waals surface area contributed by atoms with Crippen LogP contribution >= 0.6 is 11.8 Å². The zero-order valence-corrected chi connectivity index (χ0v) is 8.64. The second-order valence-electron chi connectivity index (χ2n) is 2.96. The van der Waals surface area contributed by atoms with Crippen molar-refractivity contribution in [3.63, 3.8) is 0 Å². The molecule has 14 heavy (non-hydrogen) atoms. The van der Waals surface area contributed by atoms with Crippen molar-refractivity contribution in [2.45, 2.75) is 6.04 Å². The summed E-state index contributed by atoms with van der Waals surface area (Å²) in [5.74, 6) is 1.19. The van der Waals surface area contributed by atoms with Gasteiger partial charge in [-0.2, -0.15) is 11.8 Å². The van der Waals surface area contributed by atoms with Crippen LogP contribution in [-0.2, 0) is 0 Å². The quantitative estimate of drug-likeness (QED) is 0.733. The number of hydrogen-bond donors (Lipinski definition) is 2. The largest absolute Gasteiger partial charge is 0.396 e. The molecule has 0 spiro atoms. The van der Waals surface area contributed by atoms with Crippen LogP contribution in [0.4, 0.5) is 4.39 Å². The Kier molecular flexibility index (Phi) is 4.93. The van der Waals surface area contributed by atoms with Crippen molar-refractivity contribution in [3.05, 3.63) is 35.6 Å². The van der Waals surface area contributed by atoms with Gasteiger partial charge in [-0.3, -0.25) is 0 Å². The first kappa shape index (κ1) is 11.5. The van der Waals surface area contributed by atoms with E-state index in [0.29, 0.717) is 5.75 Å². The fourth-order valence-corrected chi connectivity index (χ4v) is 1.82. The molecule has 1 aromatic rings. The zero-order valence-electron chi connectivity index (χ0n) is 7.82. The molecular formula is C10H14FNOS. The van der Waals surface area contributed by atoms with Crippen LogP contribution in [0.15, 0.2) is 24.3 Å². The SMILES string of the molecule is NC(CSCCO)c1ccc(F)cc1. The van der Waals surface area contributed by atoms with E-state index in [-0.39, 0.29) is 18.5 Å². The normalized spacial score (nSPS) is 12.8. The lowest BCUT2D eigenvalue weighted by Crippen LogP contribution is -2.13. The Labute approximate surface area is 87.3 Å². The fraction of sp³-hybridized carbons (Fsp3) is 0.400. The number of nitrogens with two attached hydrogens (primary N) is 1. The molecule has 0 saturated heterocycles. The van der Waals surface area contributed by atoms with Crippen LogP contribution in [0.3, 0.4) is 0 Å². The summed E-state index contributed by atoms with van der Waals surface area (Å²) < 4.78 is 12.6. The maximum Gasteiger partial charge on any atom is 0.123 e. The molecular weight excluding hydrogens is 201 g/mol. The van der Waals surface area contributed by atoms with E-state index < -0.39 is 0 Å². The first-order chi connectivity index (χ1) is 6.74. The molecule has 0 aliphatic rings. The summed E-state index contributed by atoms with van der Waals surface area (Å²) in [5, 5.41) is 8.57.